The van der Waals surface area contributed by atoms with E-state index >= 15 is 0 Å². The topological polar surface area (TPSA) is 323 Å². The smallest absolute Gasteiger partial charge is 0.490 e. The highest BCUT2D eigenvalue weighted by atomic mass is 19.4. The molecule has 0 spiro atoms. The normalized spacial score (nSPS) is 19.0. The van der Waals surface area contributed by atoms with Crippen LogP contribution in [0.5, 0.6) is 5.75 Å². The Bertz CT molecular complexity index is 2030. The van der Waals surface area contributed by atoms with Crippen molar-refractivity contribution in [3.05, 3.63) is 77.9 Å². The maximum absolute atomic E-state index is 13.9. The van der Waals surface area contributed by atoms with Gasteiger partial charge in [0.1, 0.15) is 29.9 Å². The summed E-state index contributed by atoms with van der Waals surface area (Å²) in [6.45, 7) is -0.284. The van der Waals surface area contributed by atoms with Crippen LogP contribution in [0.25, 0.3) is 10.8 Å². The third-order valence-electron chi connectivity index (χ3n) is 8.76. The van der Waals surface area contributed by atoms with Gasteiger partial charge in [-0.3, -0.25) is 29.0 Å². The number of carboxylic acids is 1. The highest BCUT2D eigenvalue weighted by Crippen LogP contribution is 2.18. The van der Waals surface area contributed by atoms with Crippen molar-refractivity contribution in [1.82, 2.24) is 31.9 Å². The number of aliphatic imine (C=N–C) groups is 1. The number of primary amides is 1. The predicted octanol–water partition coefficient (Wildman–Crippen LogP) is -0.465. The molecule has 4 atom stereocenters. The number of urea groups is 1. The number of phenolic OH excluding ortho intramolecular Hbond substituents is 1. The maximum Gasteiger partial charge on any atom is 0.490 e. The van der Waals surface area contributed by atoms with Crippen LogP contribution in [0, 0.1) is 0 Å². The fourth-order valence-corrected chi connectivity index (χ4v) is 5.80. The van der Waals surface area contributed by atoms with E-state index in [0.717, 1.165) is 16.3 Å². The quantitative estimate of drug-likeness (QED) is 0.0629. The largest absolute Gasteiger partial charge is 0.508 e. The third kappa shape index (κ3) is 16.4. The summed E-state index contributed by atoms with van der Waals surface area (Å²) in [6.07, 6.45) is -4.50. The van der Waals surface area contributed by atoms with Gasteiger partial charge in [0.25, 0.3) is 0 Å². The fraction of sp³-hybridized carbons (Fsp3) is 0.368. The molecule has 1 heterocycles. The van der Waals surface area contributed by atoms with Crippen LogP contribution in [0.15, 0.2) is 71.7 Å². The van der Waals surface area contributed by atoms with E-state index in [9.17, 15) is 47.0 Å². The van der Waals surface area contributed by atoms with E-state index in [2.05, 4.69) is 36.9 Å². The molecule has 1 saturated heterocycles. The molecule has 14 N–H and O–H groups in total. The van der Waals surface area contributed by atoms with Crippen LogP contribution in [0.4, 0.5) is 18.0 Å². The van der Waals surface area contributed by atoms with Crippen LogP contribution in [-0.4, -0.2) is 108 Å². The Morgan fingerprint density at radius 3 is 1.82 bits per heavy atom. The minimum Gasteiger partial charge on any atom is -0.508 e. The first-order valence-electron chi connectivity index (χ1n) is 18.4. The van der Waals surface area contributed by atoms with Crippen LogP contribution in [0.1, 0.15) is 36.8 Å². The van der Waals surface area contributed by atoms with Crippen LogP contribution < -0.4 is 49.1 Å². The van der Waals surface area contributed by atoms with Crippen LogP contribution in [-0.2, 0) is 41.6 Å². The van der Waals surface area contributed by atoms with Crippen molar-refractivity contribution in [2.45, 2.75) is 68.9 Å². The molecule has 0 unspecified atom stereocenters. The molecule has 0 aliphatic carbocycles. The Kier molecular flexibility index (Phi) is 17.9. The number of nitrogens with one attached hydrogen (secondary N) is 6. The highest BCUT2D eigenvalue weighted by Gasteiger charge is 2.38. The average molecular weight is 845 g/mol. The van der Waals surface area contributed by atoms with Gasteiger partial charge in [0.15, 0.2) is 5.96 Å². The van der Waals surface area contributed by atoms with Gasteiger partial charge in [-0.2, -0.15) is 13.2 Å². The summed E-state index contributed by atoms with van der Waals surface area (Å²) in [5.41, 5.74) is 17.4. The molecular formula is C38H47F3N10O9. The lowest BCUT2D eigenvalue weighted by Crippen LogP contribution is -2.58. The number of aromatic hydroxyl groups is 1. The number of carboxylic acid groups (broad SMARTS) is 1. The zero-order chi connectivity index (χ0) is 44.4. The molecule has 22 heteroatoms. The van der Waals surface area contributed by atoms with Crippen molar-refractivity contribution >= 4 is 58.3 Å². The first-order chi connectivity index (χ1) is 28.3. The average Bonchev–Trinajstić information content (AvgIpc) is 3.18. The number of guanidine groups is 1. The van der Waals surface area contributed by atoms with Gasteiger partial charge in [-0.1, -0.05) is 54.6 Å². The lowest BCUT2D eigenvalue weighted by molar-refractivity contribution is -0.192. The number of halogens is 3. The minimum atomic E-state index is -5.08. The van der Waals surface area contributed by atoms with E-state index in [4.69, 9.17) is 27.1 Å². The number of aliphatic carboxylic acids is 1. The number of nitrogens with zero attached hydrogens (tertiary/aromatic N) is 1. The van der Waals surface area contributed by atoms with Crippen LogP contribution in [0.3, 0.4) is 0 Å². The number of hydrogen-bond donors (Lipinski definition) is 11. The molecule has 7 amide bonds. The van der Waals surface area contributed by atoms with Crippen molar-refractivity contribution in [1.29, 1.82) is 0 Å². The third-order valence-corrected chi connectivity index (χ3v) is 8.76. The summed E-state index contributed by atoms with van der Waals surface area (Å²) in [4.78, 5) is 92.5. The molecule has 1 fully saturated rings. The number of alkyl halides is 3. The second kappa shape index (κ2) is 22.7. The number of amides is 7. The van der Waals surface area contributed by atoms with E-state index in [-0.39, 0.29) is 63.3 Å². The van der Waals surface area contributed by atoms with Gasteiger partial charge in [0.2, 0.25) is 29.5 Å². The lowest BCUT2D eigenvalue weighted by Gasteiger charge is -2.26. The SMILES string of the molecule is NC(=O)NCCC[C@@H]1NC(=O)[C@@H](Cc2ccc(O)cc2)NC(=O)CNC(=O)[C@H](Cc2ccc3ccccc3c2)NC(=O)[C@H](CCCN=C(N)N)NC1=O.O=C(O)C(F)(F)F. The van der Waals surface area contributed by atoms with Crippen molar-refractivity contribution in [3.8, 4) is 5.75 Å². The van der Waals surface area contributed by atoms with Crippen molar-refractivity contribution in [2.24, 2.45) is 22.2 Å². The molecule has 1 aliphatic rings. The minimum absolute atomic E-state index is 0.00239. The van der Waals surface area contributed by atoms with E-state index in [1.807, 2.05) is 42.5 Å². The van der Waals surface area contributed by atoms with E-state index in [1.165, 1.54) is 12.1 Å². The molecule has 1 aliphatic heterocycles. The van der Waals surface area contributed by atoms with Gasteiger partial charge in [0, 0.05) is 25.9 Å². The highest BCUT2D eigenvalue weighted by molar-refractivity contribution is 5.97. The molecule has 4 rings (SSSR count). The Hall–Kier alpha value is -7.13. The molecule has 19 nitrogen and oxygen atoms in total. The molecular weight excluding hydrogens is 797 g/mol. The van der Waals surface area contributed by atoms with Gasteiger partial charge in [-0.15, -0.1) is 0 Å². The van der Waals surface area contributed by atoms with Crippen molar-refractivity contribution in [3.63, 3.8) is 0 Å². The number of phenols is 1. The monoisotopic (exact) mass is 844 g/mol. The van der Waals surface area contributed by atoms with Crippen LogP contribution in [0.2, 0.25) is 0 Å². The van der Waals surface area contributed by atoms with Gasteiger partial charge in [0.05, 0.1) is 6.54 Å². The summed E-state index contributed by atoms with van der Waals surface area (Å²) in [6, 6.07) is 13.7. The van der Waals surface area contributed by atoms with Crippen molar-refractivity contribution in [2.75, 3.05) is 19.6 Å². The van der Waals surface area contributed by atoms with Gasteiger partial charge in [-0.05, 0) is 59.7 Å². The number of carbonyl (C=O) groups is 7. The fourth-order valence-electron chi connectivity index (χ4n) is 5.80. The number of carbonyl (C=O) groups excluding carboxylic acids is 6. The van der Waals surface area contributed by atoms with Crippen molar-refractivity contribution < 1.29 is 56.9 Å². The number of nitrogens with two attached hydrogens (primary N) is 3. The summed E-state index contributed by atoms with van der Waals surface area (Å²) in [5.74, 6) is -6.40. The molecule has 3 aromatic carbocycles. The first-order valence-corrected chi connectivity index (χ1v) is 18.4. The molecule has 0 saturated carbocycles. The zero-order valence-electron chi connectivity index (χ0n) is 32.1. The van der Waals surface area contributed by atoms with E-state index in [1.54, 1.807) is 12.1 Å². The molecule has 3 aromatic rings. The number of hydrogen-bond acceptors (Lipinski definition) is 9. The Morgan fingerprint density at radius 2 is 1.23 bits per heavy atom. The Balaban J connectivity index is 0.00000126. The van der Waals surface area contributed by atoms with Crippen LogP contribution >= 0.6 is 0 Å². The standard InChI is InChI=1S/C36H46N10O7.C2HF3O2/c37-35(38)40-15-3-7-27-33(51)46-28(19-22-9-12-23-5-1-2-6-24(23)17-22)31(49)42-20-30(48)43-29(18-21-10-13-25(47)14-11-21)34(52)45-26(32(50)44-27)8-4-16-41-36(39)53;3-2(4,5)1(6)7/h1-2,5-6,9-14,17,26-29,47H,3-4,7-8,15-16,18-20H2,(H,42,49)(H,43,48)(H,44,50)(H,45,52)(H,46,51)(H4,37,38,40)(H3,39,41,53);(H,6,7)/t26-,27-,28-,29+;/m0./s1. The summed E-state index contributed by atoms with van der Waals surface area (Å²) in [7, 11) is 0. The summed E-state index contributed by atoms with van der Waals surface area (Å²) < 4.78 is 31.7. The van der Waals surface area contributed by atoms with E-state index in [0.29, 0.717) is 5.56 Å². The molecule has 324 valence electrons. The Morgan fingerprint density at radius 1 is 0.717 bits per heavy atom. The molecule has 0 radical (unpaired) electrons. The molecule has 60 heavy (non-hydrogen) atoms. The number of fused-ring (bicyclic) bond motifs is 1. The Labute approximate surface area is 341 Å². The second-order valence-electron chi connectivity index (χ2n) is 13.5. The first kappa shape index (κ1) is 47.2. The zero-order valence-corrected chi connectivity index (χ0v) is 32.1. The van der Waals surface area contributed by atoms with E-state index < -0.39 is 78.4 Å². The van der Waals surface area contributed by atoms with Gasteiger partial charge >= 0.3 is 18.2 Å². The molecule has 0 aromatic heterocycles. The van der Waals surface area contributed by atoms with Gasteiger partial charge < -0.3 is 59.3 Å². The summed E-state index contributed by atoms with van der Waals surface area (Å²) >= 11 is 0. The lowest BCUT2D eigenvalue weighted by atomic mass is 10.0. The number of benzene rings is 3. The molecule has 0 bridgehead atoms. The number of rotatable bonds is 12. The second-order valence-corrected chi connectivity index (χ2v) is 13.5. The predicted molar refractivity (Wildman–Crippen MR) is 211 cm³/mol. The maximum atomic E-state index is 13.9. The van der Waals surface area contributed by atoms with Gasteiger partial charge in [-0.25, -0.2) is 9.59 Å². The summed E-state index contributed by atoms with van der Waals surface area (Å²) in [5, 5.41) is 34.5.